The third-order valence-corrected chi connectivity index (χ3v) is 0.655. The van der Waals surface area contributed by atoms with Gasteiger partial charge in [-0.1, -0.05) is 24.3 Å². The van der Waals surface area contributed by atoms with Gasteiger partial charge in [0.2, 0.25) is 0 Å². The molecule has 1 aliphatic carbocycles. The molecule has 3 radical (unpaired) electrons. The van der Waals surface area contributed by atoms with Crippen LogP contribution in [0.1, 0.15) is 6.42 Å². The number of carbonyl (C=O) groups excluding carboxylic acids is 1. The molecule has 1 aliphatic rings. The first-order valence-electron chi connectivity index (χ1n) is 2.02. The topological polar surface area (TPSA) is 17.1 Å². The summed E-state index contributed by atoms with van der Waals surface area (Å²) in [4.78, 5) is 7.50. The Morgan fingerprint density at radius 2 is 1.50 bits per heavy atom. The van der Waals surface area contributed by atoms with E-state index in [4.69, 9.17) is 4.79 Å². The van der Waals surface area contributed by atoms with Crippen molar-refractivity contribution in [1.29, 1.82) is 0 Å². The smallest absolute Gasteiger partial charge is 0.281 e. The Hall–Kier alpha value is -0.331. The minimum Gasteiger partial charge on any atom is -0.281 e. The molecule has 0 aromatic rings. The minimum absolute atomic E-state index is 0. The summed E-state index contributed by atoms with van der Waals surface area (Å²) in [6.45, 7) is 4.50. The van der Waals surface area contributed by atoms with Gasteiger partial charge in [0.25, 0.3) is 6.79 Å². The van der Waals surface area contributed by atoms with E-state index in [0.29, 0.717) is 0 Å². The molecule has 43 valence electrons. The van der Waals surface area contributed by atoms with Crippen LogP contribution in [0.5, 0.6) is 0 Å². The molecule has 0 N–H and O–H groups in total. The van der Waals surface area contributed by atoms with Gasteiger partial charge in [-0.25, -0.2) is 0 Å². The van der Waals surface area contributed by atoms with E-state index in [-0.39, 0.29) is 17.1 Å². The molecule has 0 amide bonds. The largest absolute Gasteiger partial charge is 0.281 e. The molecule has 1 nitrogen and oxygen atoms in total. The summed E-state index contributed by atoms with van der Waals surface area (Å²) in [5.41, 5.74) is 0. The second-order valence-electron chi connectivity index (χ2n) is 1.09. The number of hydrogen-bond donors (Lipinski definition) is 0. The summed E-state index contributed by atoms with van der Waals surface area (Å²) >= 11 is 0. The van der Waals surface area contributed by atoms with Crippen LogP contribution >= 0.6 is 0 Å². The van der Waals surface area contributed by atoms with E-state index in [1.807, 2.05) is 0 Å². The van der Waals surface area contributed by atoms with E-state index in [9.17, 15) is 0 Å². The first-order chi connectivity index (χ1) is 3.50. The van der Waals surface area contributed by atoms with E-state index in [2.05, 4.69) is 31.1 Å². The van der Waals surface area contributed by atoms with Crippen molar-refractivity contribution in [3.05, 3.63) is 24.3 Å². The average Bonchev–Trinajstić information content (AvgIpc) is 2.23. The molecular formula is C6H6MnO. The Morgan fingerprint density at radius 1 is 1.12 bits per heavy atom. The van der Waals surface area contributed by atoms with Crippen LogP contribution in [0.2, 0.25) is 0 Å². The SMILES string of the molecule is C1=CCC=C1.[C]=O.[Mn]. The summed E-state index contributed by atoms with van der Waals surface area (Å²) < 4.78 is 0. The first-order valence-corrected chi connectivity index (χ1v) is 2.02. The Balaban J connectivity index is 0. The fraction of sp³-hybridized carbons (Fsp3) is 0.167. The summed E-state index contributed by atoms with van der Waals surface area (Å²) in [6, 6.07) is 0. The van der Waals surface area contributed by atoms with Crippen molar-refractivity contribution in [1.82, 2.24) is 0 Å². The standard InChI is InChI=1S/C5H6.CO.Mn/c1-2-4-5-3-1;1-2;/h1-4H,5H2;;. The van der Waals surface area contributed by atoms with Crippen molar-refractivity contribution in [3.63, 3.8) is 0 Å². The van der Waals surface area contributed by atoms with Gasteiger partial charge in [0, 0.05) is 17.1 Å². The van der Waals surface area contributed by atoms with Crippen LogP contribution in [0.3, 0.4) is 0 Å². The molecule has 0 aromatic heterocycles. The molecule has 0 saturated carbocycles. The van der Waals surface area contributed by atoms with Crippen LogP contribution in [0.15, 0.2) is 24.3 Å². The average molecular weight is 149 g/mol. The molecule has 0 fully saturated rings. The number of hydrogen-bond acceptors (Lipinski definition) is 1. The molecule has 8 heavy (non-hydrogen) atoms. The molecule has 0 bridgehead atoms. The van der Waals surface area contributed by atoms with Gasteiger partial charge >= 0.3 is 0 Å². The molecule has 0 aromatic carbocycles. The van der Waals surface area contributed by atoms with Crippen molar-refractivity contribution in [2.75, 3.05) is 0 Å². The zero-order chi connectivity index (χ0) is 5.54. The van der Waals surface area contributed by atoms with Gasteiger partial charge in [-0.15, -0.1) is 0 Å². The van der Waals surface area contributed by atoms with Gasteiger partial charge in [0.15, 0.2) is 0 Å². The Labute approximate surface area is 59.9 Å². The van der Waals surface area contributed by atoms with Gasteiger partial charge in [0.05, 0.1) is 0 Å². The molecule has 2 heteroatoms. The Kier molecular flexibility index (Phi) is 13.0. The van der Waals surface area contributed by atoms with Crippen LogP contribution in [0.25, 0.3) is 0 Å². The summed E-state index contributed by atoms with van der Waals surface area (Å²) in [5, 5.41) is 0. The molecule has 1 rings (SSSR count). The van der Waals surface area contributed by atoms with E-state index < -0.39 is 0 Å². The van der Waals surface area contributed by atoms with Crippen LogP contribution < -0.4 is 0 Å². The van der Waals surface area contributed by atoms with Crippen molar-refractivity contribution < 1.29 is 21.9 Å². The molecule has 0 heterocycles. The summed E-state index contributed by atoms with van der Waals surface area (Å²) in [7, 11) is 0. The summed E-state index contributed by atoms with van der Waals surface area (Å²) in [6.07, 6.45) is 9.50. The molecular weight excluding hydrogens is 143 g/mol. The van der Waals surface area contributed by atoms with E-state index >= 15 is 0 Å². The van der Waals surface area contributed by atoms with E-state index in [1.54, 1.807) is 0 Å². The van der Waals surface area contributed by atoms with Crippen molar-refractivity contribution >= 4 is 6.79 Å². The zero-order valence-electron chi connectivity index (χ0n) is 4.30. The van der Waals surface area contributed by atoms with Gasteiger partial charge in [0.1, 0.15) is 0 Å². The van der Waals surface area contributed by atoms with E-state index in [0.717, 1.165) is 6.42 Å². The fourth-order valence-corrected chi connectivity index (χ4v) is 0.393. The second-order valence-corrected chi connectivity index (χ2v) is 1.09. The predicted octanol–water partition coefficient (Wildman–Crippen LogP) is 1.10. The quantitative estimate of drug-likeness (QED) is 0.471. The van der Waals surface area contributed by atoms with Crippen LogP contribution in [0.4, 0.5) is 0 Å². The van der Waals surface area contributed by atoms with Crippen LogP contribution in [-0.4, -0.2) is 6.79 Å². The van der Waals surface area contributed by atoms with Crippen LogP contribution in [0, 0.1) is 0 Å². The number of allylic oxidation sites excluding steroid dienone is 4. The monoisotopic (exact) mass is 149 g/mol. The summed E-state index contributed by atoms with van der Waals surface area (Å²) in [5.74, 6) is 0. The maximum Gasteiger partial charge on any atom is 0.281 e. The Bertz CT molecular complexity index is 76.5. The minimum atomic E-state index is 0. The zero-order valence-corrected chi connectivity index (χ0v) is 5.48. The third-order valence-electron chi connectivity index (χ3n) is 0.655. The molecule has 0 saturated heterocycles. The van der Waals surface area contributed by atoms with E-state index in [1.165, 1.54) is 0 Å². The Morgan fingerprint density at radius 3 is 1.62 bits per heavy atom. The predicted molar refractivity (Wildman–Crippen MR) is 28.6 cm³/mol. The molecule has 0 atom stereocenters. The second kappa shape index (κ2) is 9.83. The molecule has 0 spiro atoms. The molecule has 0 unspecified atom stereocenters. The van der Waals surface area contributed by atoms with Crippen molar-refractivity contribution in [2.24, 2.45) is 0 Å². The van der Waals surface area contributed by atoms with Crippen molar-refractivity contribution in [3.8, 4) is 0 Å². The van der Waals surface area contributed by atoms with Gasteiger partial charge in [-0.05, 0) is 6.42 Å². The van der Waals surface area contributed by atoms with Gasteiger partial charge < -0.3 is 0 Å². The fourth-order valence-electron chi connectivity index (χ4n) is 0.393. The maximum absolute atomic E-state index is 7.50. The molecule has 0 aliphatic heterocycles. The van der Waals surface area contributed by atoms with Gasteiger partial charge in [-0.3, -0.25) is 4.79 Å². The number of rotatable bonds is 0. The first kappa shape index (κ1) is 10.6. The third kappa shape index (κ3) is 5.67. The normalized spacial score (nSPS) is 11.5. The van der Waals surface area contributed by atoms with Gasteiger partial charge in [-0.2, -0.15) is 0 Å². The van der Waals surface area contributed by atoms with Crippen LogP contribution in [-0.2, 0) is 21.9 Å². The maximum atomic E-state index is 7.50. The van der Waals surface area contributed by atoms with Crippen molar-refractivity contribution in [2.45, 2.75) is 6.42 Å².